The summed E-state index contributed by atoms with van der Waals surface area (Å²) in [5, 5.41) is 2.84. The van der Waals surface area contributed by atoms with E-state index >= 15 is 0 Å². The molecular formula is C14H15N3O. The van der Waals surface area contributed by atoms with Gasteiger partial charge in [0.2, 0.25) is 0 Å². The van der Waals surface area contributed by atoms with Gasteiger partial charge in [-0.2, -0.15) is 0 Å². The Labute approximate surface area is 106 Å². The lowest BCUT2D eigenvalue weighted by molar-refractivity contribution is 0.102. The van der Waals surface area contributed by atoms with E-state index in [1.165, 1.54) is 0 Å². The molecule has 92 valence electrons. The van der Waals surface area contributed by atoms with Gasteiger partial charge in [-0.25, -0.2) is 0 Å². The number of nitrogens with one attached hydrogen (secondary N) is 2. The van der Waals surface area contributed by atoms with Crippen LogP contribution in [0.3, 0.4) is 0 Å². The molecule has 0 aliphatic carbocycles. The van der Waals surface area contributed by atoms with Gasteiger partial charge in [-0.15, -0.1) is 0 Å². The molecule has 0 heterocycles. The molecular weight excluding hydrogens is 226 g/mol. The van der Waals surface area contributed by atoms with E-state index in [2.05, 4.69) is 10.7 Å². The van der Waals surface area contributed by atoms with Crippen LogP contribution in [0.1, 0.15) is 15.9 Å². The summed E-state index contributed by atoms with van der Waals surface area (Å²) in [5.41, 5.74) is 5.49. The van der Waals surface area contributed by atoms with E-state index in [0.29, 0.717) is 11.3 Å². The number of nitrogens with two attached hydrogens (primary N) is 1. The van der Waals surface area contributed by atoms with Crippen LogP contribution < -0.4 is 16.6 Å². The van der Waals surface area contributed by atoms with E-state index in [1.807, 2.05) is 37.3 Å². The number of aryl methyl sites for hydroxylation is 1. The maximum atomic E-state index is 12.1. The molecule has 0 aliphatic rings. The minimum absolute atomic E-state index is 0.186. The summed E-state index contributed by atoms with van der Waals surface area (Å²) in [6, 6.07) is 14.7. The second-order valence-corrected chi connectivity index (χ2v) is 4.01. The Morgan fingerprint density at radius 2 is 1.89 bits per heavy atom. The van der Waals surface area contributed by atoms with Crippen molar-refractivity contribution in [1.82, 2.24) is 0 Å². The van der Waals surface area contributed by atoms with Crippen LogP contribution in [0.25, 0.3) is 0 Å². The summed E-state index contributed by atoms with van der Waals surface area (Å²) in [6.07, 6.45) is 0. The number of rotatable bonds is 3. The number of hydrogen-bond donors (Lipinski definition) is 3. The SMILES string of the molecule is Cc1cccc(NC(=O)c2ccccc2NN)c1. The van der Waals surface area contributed by atoms with Crippen molar-refractivity contribution in [3.05, 3.63) is 59.7 Å². The van der Waals surface area contributed by atoms with Crippen LogP contribution in [0.5, 0.6) is 0 Å². The average Bonchev–Trinajstić information content (AvgIpc) is 2.38. The summed E-state index contributed by atoms with van der Waals surface area (Å²) in [5.74, 6) is 5.19. The summed E-state index contributed by atoms with van der Waals surface area (Å²) < 4.78 is 0. The van der Waals surface area contributed by atoms with Gasteiger partial charge in [-0.05, 0) is 36.8 Å². The molecule has 2 aromatic rings. The smallest absolute Gasteiger partial charge is 0.257 e. The van der Waals surface area contributed by atoms with Crippen LogP contribution in [0, 0.1) is 6.92 Å². The van der Waals surface area contributed by atoms with E-state index in [0.717, 1.165) is 11.3 Å². The van der Waals surface area contributed by atoms with Crippen molar-refractivity contribution in [2.75, 3.05) is 10.7 Å². The van der Waals surface area contributed by atoms with E-state index in [9.17, 15) is 4.79 Å². The van der Waals surface area contributed by atoms with Crippen LogP contribution in [0.2, 0.25) is 0 Å². The van der Waals surface area contributed by atoms with Crippen molar-refractivity contribution in [3.63, 3.8) is 0 Å². The minimum atomic E-state index is -0.186. The lowest BCUT2D eigenvalue weighted by Gasteiger charge is -2.09. The second-order valence-electron chi connectivity index (χ2n) is 4.01. The second kappa shape index (κ2) is 5.33. The third kappa shape index (κ3) is 2.67. The number of amides is 1. The number of carbonyl (C=O) groups excluding carboxylic acids is 1. The lowest BCUT2D eigenvalue weighted by Crippen LogP contribution is -2.17. The van der Waals surface area contributed by atoms with Gasteiger partial charge >= 0.3 is 0 Å². The Morgan fingerprint density at radius 1 is 1.11 bits per heavy atom. The van der Waals surface area contributed by atoms with Crippen LogP contribution in [-0.4, -0.2) is 5.91 Å². The van der Waals surface area contributed by atoms with Crippen molar-refractivity contribution >= 4 is 17.3 Å². The van der Waals surface area contributed by atoms with Gasteiger partial charge < -0.3 is 10.7 Å². The number of nitrogen functional groups attached to an aromatic ring is 1. The van der Waals surface area contributed by atoms with Gasteiger partial charge in [-0.1, -0.05) is 24.3 Å². The predicted molar refractivity (Wildman–Crippen MR) is 73.4 cm³/mol. The minimum Gasteiger partial charge on any atom is -0.323 e. The van der Waals surface area contributed by atoms with Gasteiger partial charge in [0.1, 0.15) is 0 Å². The van der Waals surface area contributed by atoms with Crippen molar-refractivity contribution in [1.29, 1.82) is 0 Å². The quantitative estimate of drug-likeness (QED) is 0.571. The summed E-state index contributed by atoms with van der Waals surface area (Å²) in [4.78, 5) is 12.1. The summed E-state index contributed by atoms with van der Waals surface area (Å²) in [7, 11) is 0. The molecule has 0 fully saturated rings. The Kier molecular flexibility index (Phi) is 3.60. The van der Waals surface area contributed by atoms with Gasteiger partial charge in [0.25, 0.3) is 5.91 Å². The fourth-order valence-electron chi connectivity index (χ4n) is 1.73. The third-order valence-corrected chi connectivity index (χ3v) is 2.60. The molecule has 4 heteroatoms. The van der Waals surface area contributed by atoms with E-state index in [4.69, 9.17) is 5.84 Å². The number of carbonyl (C=O) groups is 1. The van der Waals surface area contributed by atoms with Crippen LogP contribution in [0.15, 0.2) is 48.5 Å². The fourth-order valence-corrected chi connectivity index (χ4v) is 1.73. The number of hydrazine groups is 1. The largest absolute Gasteiger partial charge is 0.323 e. The molecule has 0 radical (unpaired) electrons. The van der Waals surface area contributed by atoms with Crippen molar-refractivity contribution in [3.8, 4) is 0 Å². The number of hydrogen-bond acceptors (Lipinski definition) is 3. The zero-order valence-corrected chi connectivity index (χ0v) is 10.1. The van der Waals surface area contributed by atoms with Gasteiger partial charge in [-0.3, -0.25) is 10.6 Å². The first-order valence-corrected chi connectivity index (χ1v) is 5.64. The highest BCUT2D eigenvalue weighted by atomic mass is 16.1. The Bertz CT molecular complexity index is 566. The van der Waals surface area contributed by atoms with E-state index in [1.54, 1.807) is 18.2 Å². The highest BCUT2D eigenvalue weighted by Crippen LogP contribution is 2.16. The average molecular weight is 241 g/mol. The molecule has 0 aromatic heterocycles. The van der Waals surface area contributed by atoms with E-state index in [-0.39, 0.29) is 5.91 Å². The lowest BCUT2D eigenvalue weighted by atomic mass is 10.1. The zero-order chi connectivity index (χ0) is 13.0. The maximum Gasteiger partial charge on any atom is 0.257 e. The Balaban J connectivity index is 2.22. The molecule has 0 unspecified atom stereocenters. The number of para-hydroxylation sites is 1. The zero-order valence-electron chi connectivity index (χ0n) is 10.1. The molecule has 1 amide bonds. The molecule has 4 nitrogen and oxygen atoms in total. The summed E-state index contributed by atoms with van der Waals surface area (Å²) in [6.45, 7) is 1.98. The first-order chi connectivity index (χ1) is 8.70. The first-order valence-electron chi connectivity index (χ1n) is 5.64. The van der Waals surface area contributed by atoms with Crippen LogP contribution in [-0.2, 0) is 0 Å². The Hall–Kier alpha value is -2.33. The fraction of sp³-hybridized carbons (Fsp3) is 0.0714. The van der Waals surface area contributed by atoms with Crippen molar-refractivity contribution in [2.24, 2.45) is 5.84 Å². The summed E-state index contributed by atoms with van der Waals surface area (Å²) >= 11 is 0. The third-order valence-electron chi connectivity index (χ3n) is 2.60. The molecule has 4 N–H and O–H groups in total. The van der Waals surface area contributed by atoms with Gasteiger partial charge in [0.15, 0.2) is 0 Å². The van der Waals surface area contributed by atoms with Gasteiger partial charge in [0.05, 0.1) is 11.3 Å². The normalized spacial score (nSPS) is 9.89. The van der Waals surface area contributed by atoms with Crippen LogP contribution >= 0.6 is 0 Å². The highest BCUT2D eigenvalue weighted by molar-refractivity contribution is 6.08. The molecule has 2 rings (SSSR count). The molecule has 0 atom stereocenters. The molecule has 0 saturated carbocycles. The predicted octanol–water partition coefficient (Wildman–Crippen LogP) is 2.53. The van der Waals surface area contributed by atoms with Crippen molar-refractivity contribution < 1.29 is 4.79 Å². The molecule has 18 heavy (non-hydrogen) atoms. The maximum absolute atomic E-state index is 12.1. The topological polar surface area (TPSA) is 67.2 Å². The number of benzene rings is 2. The van der Waals surface area contributed by atoms with Gasteiger partial charge in [0, 0.05) is 5.69 Å². The standard InChI is InChI=1S/C14H15N3O/c1-10-5-4-6-11(9-10)16-14(18)12-7-2-3-8-13(12)17-15/h2-9,17H,15H2,1H3,(H,16,18). The number of anilines is 2. The Morgan fingerprint density at radius 3 is 2.61 bits per heavy atom. The monoisotopic (exact) mass is 241 g/mol. The van der Waals surface area contributed by atoms with Crippen LogP contribution in [0.4, 0.5) is 11.4 Å². The molecule has 0 saturated heterocycles. The highest BCUT2D eigenvalue weighted by Gasteiger charge is 2.10. The molecule has 0 bridgehead atoms. The van der Waals surface area contributed by atoms with Crippen molar-refractivity contribution in [2.45, 2.75) is 6.92 Å². The van der Waals surface area contributed by atoms with E-state index < -0.39 is 0 Å². The molecule has 0 aliphatic heterocycles. The first kappa shape index (κ1) is 12.1. The molecule has 2 aromatic carbocycles. The molecule has 0 spiro atoms.